The van der Waals surface area contributed by atoms with E-state index in [9.17, 15) is 19.7 Å². The summed E-state index contributed by atoms with van der Waals surface area (Å²) in [5, 5.41) is 16.3. The predicted octanol–water partition coefficient (Wildman–Crippen LogP) is 5.25. The van der Waals surface area contributed by atoms with Crippen LogP contribution >= 0.6 is 11.3 Å². The molecule has 1 aliphatic heterocycles. The van der Waals surface area contributed by atoms with Gasteiger partial charge >= 0.3 is 0 Å². The van der Waals surface area contributed by atoms with E-state index in [-0.39, 0.29) is 40.5 Å². The molecule has 0 unspecified atom stereocenters. The summed E-state index contributed by atoms with van der Waals surface area (Å²) < 4.78 is 15.2. The Bertz CT molecular complexity index is 1530. The van der Waals surface area contributed by atoms with Crippen molar-refractivity contribution in [2.24, 2.45) is 11.1 Å². The number of carbonyl (C=O) groups is 2. The third kappa shape index (κ3) is 4.45. The fourth-order valence-corrected chi connectivity index (χ4v) is 5.67. The van der Waals surface area contributed by atoms with Gasteiger partial charge in [-0.2, -0.15) is 0 Å². The predicted molar refractivity (Wildman–Crippen MR) is 142 cm³/mol. The van der Waals surface area contributed by atoms with E-state index in [1.807, 2.05) is 13.8 Å². The van der Waals surface area contributed by atoms with E-state index in [1.54, 1.807) is 17.5 Å². The quantitative estimate of drug-likeness (QED) is 0.338. The number of benzene rings is 2. The Kier molecular flexibility index (Phi) is 6.31. The number of nitrogens with two attached hydrogens (primary N) is 1. The lowest BCUT2D eigenvalue weighted by Gasteiger charge is -2.44. The van der Waals surface area contributed by atoms with E-state index in [2.05, 4.69) is 10.3 Å². The minimum atomic E-state index is -1.00. The van der Waals surface area contributed by atoms with Crippen LogP contribution in [0.25, 0.3) is 0 Å². The normalized spacial score (nSPS) is 18.9. The summed E-state index contributed by atoms with van der Waals surface area (Å²) in [5.74, 6) is -2.52. The molecule has 1 aromatic heterocycles. The first-order chi connectivity index (χ1) is 18.1. The summed E-state index contributed by atoms with van der Waals surface area (Å²) in [5.41, 5.74) is 7.23. The minimum Gasteiger partial charge on any atom is -0.384 e. The van der Waals surface area contributed by atoms with Gasteiger partial charge in [-0.05, 0) is 29.5 Å². The molecule has 0 saturated heterocycles. The molecule has 2 aromatic carbocycles. The zero-order valence-electron chi connectivity index (χ0n) is 20.6. The molecular weight excluding hydrogens is 509 g/mol. The van der Waals surface area contributed by atoms with Gasteiger partial charge in [-0.15, -0.1) is 11.3 Å². The number of aromatic nitrogens is 1. The Labute approximate surface area is 221 Å². The first kappa shape index (κ1) is 25.3. The molecule has 9 nitrogen and oxygen atoms in total. The molecule has 38 heavy (non-hydrogen) atoms. The van der Waals surface area contributed by atoms with Crippen LogP contribution in [0.4, 0.5) is 20.9 Å². The van der Waals surface area contributed by atoms with Crippen molar-refractivity contribution < 1.29 is 18.9 Å². The lowest BCUT2D eigenvalue weighted by Crippen LogP contribution is -2.44. The van der Waals surface area contributed by atoms with Crippen molar-refractivity contribution >= 4 is 39.5 Å². The number of nitrogens with zero attached hydrogens (tertiary/aromatic N) is 3. The van der Waals surface area contributed by atoms with E-state index in [4.69, 9.17) is 5.73 Å². The van der Waals surface area contributed by atoms with Crippen molar-refractivity contribution in [1.29, 1.82) is 0 Å². The second kappa shape index (κ2) is 9.49. The van der Waals surface area contributed by atoms with Gasteiger partial charge in [-0.3, -0.25) is 29.9 Å². The molecule has 2 aliphatic rings. The molecule has 1 amide bonds. The number of allylic oxidation sites excluding steroid dienone is 2. The van der Waals surface area contributed by atoms with Crippen molar-refractivity contribution in [2.45, 2.75) is 32.6 Å². The van der Waals surface area contributed by atoms with Crippen LogP contribution in [0.15, 0.2) is 82.8 Å². The van der Waals surface area contributed by atoms with Crippen molar-refractivity contribution in [3.8, 4) is 0 Å². The molecule has 11 heteroatoms. The fraction of sp³-hybridized carbons (Fsp3) is 0.222. The van der Waals surface area contributed by atoms with Crippen LogP contribution in [0.2, 0.25) is 0 Å². The van der Waals surface area contributed by atoms with Gasteiger partial charge in [0, 0.05) is 47.3 Å². The number of carbonyl (C=O) groups excluding carboxylic acids is 2. The third-order valence-electron chi connectivity index (χ3n) is 6.67. The first-order valence-electron chi connectivity index (χ1n) is 11.8. The van der Waals surface area contributed by atoms with Crippen molar-refractivity contribution in [2.75, 3.05) is 10.2 Å². The zero-order valence-corrected chi connectivity index (χ0v) is 21.4. The molecule has 0 radical (unpaired) electrons. The van der Waals surface area contributed by atoms with Crippen LogP contribution in [-0.2, 0) is 9.59 Å². The highest BCUT2D eigenvalue weighted by molar-refractivity contribution is 7.13. The molecule has 3 N–H and O–H groups in total. The maximum atomic E-state index is 15.2. The molecule has 5 rings (SSSR count). The fourth-order valence-electron chi connectivity index (χ4n) is 5.14. The van der Waals surface area contributed by atoms with Gasteiger partial charge in [-0.1, -0.05) is 38.1 Å². The molecule has 194 valence electrons. The molecule has 3 aromatic rings. The number of amides is 1. The molecule has 0 spiro atoms. The Hall–Kier alpha value is -4.38. The number of thiazole rings is 1. The highest BCUT2D eigenvalue weighted by Gasteiger charge is 2.46. The van der Waals surface area contributed by atoms with Crippen LogP contribution in [0, 0.1) is 21.3 Å². The summed E-state index contributed by atoms with van der Waals surface area (Å²) in [6, 6.07) is 11.8. The number of nitro benzene ring substituents is 1. The number of non-ortho nitro benzene ring substituents is 1. The maximum Gasteiger partial charge on any atom is 0.269 e. The number of halogens is 1. The number of nitro groups is 1. The largest absolute Gasteiger partial charge is 0.384 e. The molecule has 1 atom stereocenters. The Morgan fingerprint density at radius 2 is 2.00 bits per heavy atom. The van der Waals surface area contributed by atoms with Gasteiger partial charge in [0.2, 0.25) is 0 Å². The average molecular weight is 534 g/mol. The topological polar surface area (TPSA) is 131 Å². The number of ketones is 1. The van der Waals surface area contributed by atoms with E-state index in [1.165, 1.54) is 58.8 Å². The summed E-state index contributed by atoms with van der Waals surface area (Å²) >= 11 is 1.19. The first-order valence-corrected chi connectivity index (χ1v) is 12.7. The Balaban J connectivity index is 1.80. The van der Waals surface area contributed by atoms with E-state index >= 15 is 4.39 Å². The third-order valence-corrected chi connectivity index (χ3v) is 7.35. The standard InChI is InChI=1S/C27H24FN5O4S/c1-27(2)13-19-22(20(34)14-27)21(15-6-5-7-16(12-15)33(36)37)23(25(35)31-26-30-10-11-38-26)24(29)32(19)18-9-4-3-8-17(18)28/h3-12,21H,13-14,29H2,1-2H3,(H,30,31,35)/t21-/m0/s1. The highest BCUT2D eigenvalue weighted by atomic mass is 32.1. The monoisotopic (exact) mass is 533 g/mol. The summed E-state index contributed by atoms with van der Waals surface area (Å²) in [4.78, 5) is 44.1. The summed E-state index contributed by atoms with van der Waals surface area (Å²) in [6.07, 6.45) is 2.08. The number of Topliss-reactive ketones (excluding diaryl/α,β-unsaturated/α-hetero) is 1. The smallest absolute Gasteiger partial charge is 0.269 e. The number of rotatable bonds is 5. The molecule has 1 aliphatic carbocycles. The van der Waals surface area contributed by atoms with E-state index in [0.29, 0.717) is 22.8 Å². The number of nitrogens with one attached hydrogen (secondary N) is 1. The Morgan fingerprint density at radius 3 is 2.68 bits per heavy atom. The van der Waals surface area contributed by atoms with Crippen LogP contribution < -0.4 is 16.0 Å². The number of hydrogen-bond donors (Lipinski definition) is 2. The zero-order chi connectivity index (χ0) is 27.2. The molecule has 0 fully saturated rings. The molecule has 0 bridgehead atoms. The van der Waals surface area contributed by atoms with Crippen molar-refractivity contribution in [3.63, 3.8) is 0 Å². The number of para-hydroxylation sites is 1. The van der Waals surface area contributed by atoms with E-state index < -0.39 is 28.0 Å². The van der Waals surface area contributed by atoms with Crippen molar-refractivity contribution in [1.82, 2.24) is 4.98 Å². The number of anilines is 2. The van der Waals surface area contributed by atoms with Crippen LogP contribution in [0.5, 0.6) is 0 Å². The average Bonchev–Trinajstić information content (AvgIpc) is 3.36. The summed E-state index contributed by atoms with van der Waals surface area (Å²) in [7, 11) is 0. The lowest BCUT2D eigenvalue weighted by molar-refractivity contribution is -0.384. The molecule has 2 heterocycles. The Morgan fingerprint density at radius 1 is 1.24 bits per heavy atom. The van der Waals surface area contributed by atoms with Crippen LogP contribution in [0.3, 0.4) is 0 Å². The second-order valence-electron chi connectivity index (χ2n) is 9.96. The van der Waals surface area contributed by atoms with Gasteiger partial charge < -0.3 is 5.73 Å². The van der Waals surface area contributed by atoms with Gasteiger partial charge in [0.25, 0.3) is 11.6 Å². The number of hydrogen-bond acceptors (Lipinski definition) is 8. The van der Waals surface area contributed by atoms with Gasteiger partial charge in [-0.25, -0.2) is 9.37 Å². The summed E-state index contributed by atoms with van der Waals surface area (Å²) in [6.45, 7) is 3.86. The molecule has 0 saturated carbocycles. The maximum absolute atomic E-state index is 15.2. The van der Waals surface area contributed by atoms with Gasteiger partial charge in [0.05, 0.1) is 16.2 Å². The SMILES string of the molecule is CC1(C)CC(=O)C2=C(C1)N(c1ccccc1F)C(N)=C(C(=O)Nc1nccs1)[C@H]2c1cccc([N+](=O)[O-])c1. The minimum absolute atomic E-state index is 0.0178. The lowest BCUT2D eigenvalue weighted by atomic mass is 9.68. The van der Waals surface area contributed by atoms with E-state index in [0.717, 1.165) is 0 Å². The van der Waals surface area contributed by atoms with Crippen LogP contribution in [0.1, 0.15) is 38.2 Å². The van der Waals surface area contributed by atoms with Crippen LogP contribution in [-0.4, -0.2) is 21.6 Å². The van der Waals surface area contributed by atoms with Gasteiger partial charge in [0.15, 0.2) is 10.9 Å². The second-order valence-corrected chi connectivity index (χ2v) is 10.9. The van der Waals surface area contributed by atoms with Crippen molar-refractivity contribution in [3.05, 3.63) is 104 Å². The highest BCUT2D eigenvalue weighted by Crippen LogP contribution is 2.51. The molecular formula is C27H24FN5O4S. The van der Waals surface area contributed by atoms with Gasteiger partial charge in [0.1, 0.15) is 11.6 Å².